The Kier molecular flexibility index (Phi) is 15.3. The summed E-state index contributed by atoms with van der Waals surface area (Å²) in [6.07, 6.45) is 9.02. The van der Waals surface area contributed by atoms with Gasteiger partial charge < -0.3 is 29.3 Å². The maximum atomic E-state index is 12.0. The van der Waals surface area contributed by atoms with Crippen LogP contribution in [0.2, 0.25) is 0 Å². The first kappa shape index (κ1) is 34.9. The normalized spacial score (nSPS) is 17.7. The van der Waals surface area contributed by atoms with E-state index in [4.69, 9.17) is 9.47 Å². The molecule has 0 radical (unpaired) electrons. The van der Waals surface area contributed by atoms with Gasteiger partial charge in [0.1, 0.15) is 24.3 Å². The number of aliphatic hydroxyl groups excluding tert-OH is 1. The molecule has 0 spiro atoms. The molecular weight excluding hydrogens is 510 g/mol. The fraction of sp³-hybridized carbons (Fsp3) is 0.562. The number of esters is 1. The molecule has 0 amide bonds. The highest BCUT2D eigenvalue weighted by atomic mass is 16.6. The molecule has 0 aromatic carbocycles. The molecule has 1 aromatic rings. The van der Waals surface area contributed by atoms with Crippen LogP contribution >= 0.6 is 0 Å². The minimum absolute atomic E-state index is 0.0311. The molecule has 0 aliphatic carbocycles. The van der Waals surface area contributed by atoms with Crippen LogP contribution in [0.1, 0.15) is 79.3 Å². The summed E-state index contributed by atoms with van der Waals surface area (Å²) in [6, 6.07) is 5.72. The fourth-order valence-electron chi connectivity index (χ4n) is 4.02. The molecule has 0 aliphatic heterocycles. The van der Waals surface area contributed by atoms with Gasteiger partial charge in [-0.3, -0.25) is 4.79 Å². The summed E-state index contributed by atoms with van der Waals surface area (Å²) in [5.41, 5.74) is 0.261. The Morgan fingerprint density at radius 2 is 1.80 bits per heavy atom. The summed E-state index contributed by atoms with van der Waals surface area (Å²) in [4.78, 5) is 38.9. The van der Waals surface area contributed by atoms with Gasteiger partial charge in [-0.1, -0.05) is 63.6 Å². The van der Waals surface area contributed by atoms with E-state index in [1.54, 1.807) is 12.2 Å². The van der Waals surface area contributed by atoms with Gasteiger partial charge in [0.2, 0.25) is 5.88 Å². The quantitative estimate of drug-likeness (QED) is 0.110. The lowest BCUT2D eigenvalue weighted by Gasteiger charge is -2.31. The van der Waals surface area contributed by atoms with E-state index in [0.717, 1.165) is 17.6 Å². The number of aldehydes is 2. The molecule has 8 heteroatoms. The van der Waals surface area contributed by atoms with Gasteiger partial charge in [-0.15, -0.1) is 0 Å². The van der Waals surface area contributed by atoms with Crippen molar-refractivity contribution in [3.8, 4) is 5.88 Å². The van der Waals surface area contributed by atoms with Crippen LogP contribution in [0.3, 0.4) is 0 Å². The lowest BCUT2D eigenvalue weighted by atomic mass is 9.86. The number of aliphatic hydroxyl groups is 2. The average Bonchev–Trinajstić information content (AvgIpc) is 2.89. The summed E-state index contributed by atoms with van der Waals surface area (Å²) in [6.45, 7) is 13.3. The first-order chi connectivity index (χ1) is 18.8. The highest BCUT2D eigenvalue weighted by Crippen LogP contribution is 2.26. The van der Waals surface area contributed by atoms with Crippen molar-refractivity contribution in [2.75, 3.05) is 6.61 Å². The summed E-state index contributed by atoms with van der Waals surface area (Å²) in [5, 5.41) is 20.8. The standard InChI is InChI=1S/C32H47NO7/c1-22(2)21-39-31-13-9-12-29(33-31)25(5)11-8-10-23(3)28(20-35)24(4)14-15-30(40-26(6)36)32(7,38)18-16-27(37)17-19-34/h8-15,19-20,22,24-25,27-28,30,37-38H,16-18,21H2,1-7H3/b11-8+,15-14+,23-10+/t24-,25?,27-,28+,30-,32-/m0/s1. The lowest BCUT2D eigenvalue weighted by molar-refractivity contribution is -0.156. The Morgan fingerprint density at radius 3 is 2.40 bits per heavy atom. The molecular formula is C32H47NO7. The van der Waals surface area contributed by atoms with Gasteiger partial charge in [0, 0.05) is 31.2 Å². The van der Waals surface area contributed by atoms with Gasteiger partial charge in [-0.05, 0) is 50.7 Å². The van der Waals surface area contributed by atoms with E-state index in [1.165, 1.54) is 13.8 Å². The highest BCUT2D eigenvalue weighted by molar-refractivity contribution is 5.66. The van der Waals surface area contributed by atoms with Gasteiger partial charge in [0.15, 0.2) is 0 Å². The Bertz CT molecular complexity index is 1030. The van der Waals surface area contributed by atoms with E-state index >= 15 is 0 Å². The van der Waals surface area contributed by atoms with E-state index in [1.807, 2.05) is 57.2 Å². The van der Waals surface area contributed by atoms with E-state index in [2.05, 4.69) is 18.8 Å². The van der Waals surface area contributed by atoms with Gasteiger partial charge in [-0.2, -0.15) is 0 Å². The lowest BCUT2D eigenvalue weighted by Crippen LogP contribution is -2.41. The van der Waals surface area contributed by atoms with Crippen molar-refractivity contribution in [1.29, 1.82) is 0 Å². The summed E-state index contributed by atoms with van der Waals surface area (Å²) in [5.74, 6) is -0.194. The van der Waals surface area contributed by atoms with Crippen LogP contribution in [-0.2, 0) is 19.1 Å². The molecule has 222 valence electrons. The molecule has 40 heavy (non-hydrogen) atoms. The molecule has 2 N–H and O–H groups in total. The number of carbonyl (C=O) groups excluding carboxylic acids is 3. The highest BCUT2D eigenvalue weighted by Gasteiger charge is 2.33. The van der Waals surface area contributed by atoms with Crippen LogP contribution in [0.4, 0.5) is 0 Å². The Balaban J connectivity index is 2.94. The first-order valence-electron chi connectivity index (χ1n) is 13.9. The zero-order chi connectivity index (χ0) is 30.3. The number of ether oxygens (including phenoxy) is 2. The third kappa shape index (κ3) is 12.8. The predicted molar refractivity (Wildman–Crippen MR) is 156 cm³/mol. The molecule has 6 atom stereocenters. The van der Waals surface area contributed by atoms with Crippen molar-refractivity contribution in [2.45, 2.75) is 91.5 Å². The molecule has 0 saturated carbocycles. The fourth-order valence-corrected chi connectivity index (χ4v) is 4.02. The molecule has 1 aromatic heterocycles. The van der Waals surface area contributed by atoms with Crippen molar-refractivity contribution >= 4 is 18.5 Å². The Morgan fingerprint density at radius 1 is 1.10 bits per heavy atom. The largest absolute Gasteiger partial charge is 0.477 e. The van der Waals surface area contributed by atoms with Crippen molar-refractivity contribution < 1.29 is 34.1 Å². The molecule has 0 saturated heterocycles. The minimum Gasteiger partial charge on any atom is -0.477 e. The molecule has 0 bridgehead atoms. The second-order valence-corrected chi connectivity index (χ2v) is 11.1. The summed E-state index contributed by atoms with van der Waals surface area (Å²) < 4.78 is 11.1. The zero-order valence-corrected chi connectivity index (χ0v) is 24.9. The van der Waals surface area contributed by atoms with Crippen LogP contribution in [-0.4, -0.2) is 58.2 Å². The average molecular weight is 558 g/mol. The topological polar surface area (TPSA) is 123 Å². The first-order valence-corrected chi connectivity index (χ1v) is 13.9. The maximum Gasteiger partial charge on any atom is 0.303 e. The SMILES string of the molecule is CC(=O)O[C@@H](/C=C/[C@H](C)[C@H](C=O)/C(C)=C/C=C/C(C)c1cccc(OCC(C)C)n1)[C@@](C)(O)CC[C@H](O)CC=O. The smallest absolute Gasteiger partial charge is 0.303 e. The van der Waals surface area contributed by atoms with Gasteiger partial charge in [0.25, 0.3) is 0 Å². The minimum atomic E-state index is -1.47. The summed E-state index contributed by atoms with van der Waals surface area (Å²) in [7, 11) is 0. The van der Waals surface area contributed by atoms with E-state index < -0.39 is 29.7 Å². The molecule has 1 rings (SSSR count). The van der Waals surface area contributed by atoms with Crippen molar-refractivity contribution in [1.82, 2.24) is 4.98 Å². The van der Waals surface area contributed by atoms with Gasteiger partial charge >= 0.3 is 5.97 Å². The number of hydrogen-bond donors (Lipinski definition) is 2. The van der Waals surface area contributed by atoms with Crippen LogP contribution in [0.5, 0.6) is 5.88 Å². The van der Waals surface area contributed by atoms with E-state index in [9.17, 15) is 24.6 Å². The number of carbonyl (C=O) groups is 3. The number of aromatic nitrogens is 1. The predicted octanol–water partition coefficient (Wildman–Crippen LogP) is 5.14. The third-order valence-electron chi connectivity index (χ3n) is 6.62. The van der Waals surface area contributed by atoms with E-state index in [-0.39, 0.29) is 31.1 Å². The molecule has 8 nitrogen and oxygen atoms in total. The summed E-state index contributed by atoms with van der Waals surface area (Å²) >= 11 is 0. The number of rotatable bonds is 18. The van der Waals surface area contributed by atoms with Crippen molar-refractivity contribution in [2.24, 2.45) is 17.8 Å². The molecule has 1 unspecified atom stereocenters. The molecule has 0 aliphatic rings. The van der Waals surface area contributed by atoms with Crippen LogP contribution < -0.4 is 4.74 Å². The second kappa shape index (κ2) is 17.6. The monoisotopic (exact) mass is 557 g/mol. The van der Waals surface area contributed by atoms with Crippen molar-refractivity contribution in [3.05, 3.63) is 59.8 Å². The number of pyridine rings is 1. The second-order valence-electron chi connectivity index (χ2n) is 11.1. The Labute approximate surface area is 239 Å². The number of allylic oxidation sites excluding steroid dienone is 5. The van der Waals surface area contributed by atoms with Crippen molar-refractivity contribution in [3.63, 3.8) is 0 Å². The van der Waals surface area contributed by atoms with Crippen LogP contribution in [0.25, 0.3) is 0 Å². The Hall–Kier alpha value is -3.10. The van der Waals surface area contributed by atoms with Crippen LogP contribution in [0.15, 0.2) is 54.2 Å². The van der Waals surface area contributed by atoms with Crippen LogP contribution in [0, 0.1) is 17.8 Å². The maximum absolute atomic E-state index is 12.0. The third-order valence-corrected chi connectivity index (χ3v) is 6.62. The van der Waals surface area contributed by atoms with Gasteiger partial charge in [0.05, 0.1) is 18.4 Å². The molecule has 1 heterocycles. The van der Waals surface area contributed by atoms with Gasteiger partial charge in [-0.25, -0.2) is 4.98 Å². The number of nitrogens with zero attached hydrogens (tertiary/aromatic N) is 1. The number of hydrogen-bond acceptors (Lipinski definition) is 8. The van der Waals surface area contributed by atoms with E-state index in [0.29, 0.717) is 24.7 Å². The molecule has 0 fully saturated rings. The zero-order valence-electron chi connectivity index (χ0n) is 24.9.